The molecular formula is C2H8O2S2. The molecule has 0 aromatic rings. The monoisotopic (exact) mass is 128 g/mol. The van der Waals surface area contributed by atoms with E-state index in [4.69, 9.17) is 4.55 Å². The highest BCUT2D eigenvalue weighted by Gasteiger charge is 1.75. The highest BCUT2D eigenvalue weighted by molar-refractivity contribution is 8.29. The van der Waals surface area contributed by atoms with E-state index in [1.54, 1.807) is 0 Å². The minimum Gasteiger partial charge on any atom is -0.306 e. The molecular weight excluding hydrogens is 120 g/mol. The van der Waals surface area contributed by atoms with Gasteiger partial charge in [0, 0.05) is 17.4 Å². The van der Waals surface area contributed by atoms with Crippen molar-refractivity contribution in [2.24, 2.45) is 0 Å². The van der Waals surface area contributed by atoms with E-state index in [0.29, 0.717) is 0 Å². The molecule has 0 aliphatic heterocycles. The van der Waals surface area contributed by atoms with Crippen molar-refractivity contribution in [3.05, 3.63) is 0 Å². The molecule has 1 unspecified atom stereocenters. The predicted octanol–water partition coefficient (Wildman–Crippen LogP) is 0.472. The summed E-state index contributed by atoms with van der Waals surface area (Å²) in [4.78, 5) is 0. The SMILES string of the molecule is C.CS(=O)(O)=S. The van der Waals surface area contributed by atoms with Crippen LogP contribution in [0.5, 0.6) is 0 Å². The molecule has 1 N–H and O–H groups in total. The van der Waals surface area contributed by atoms with E-state index in [9.17, 15) is 4.21 Å². The van der Waals surface area contributed by atoms with Crippen LogP contribution in [0.2, 0.25) is 0 Å². The van der Waals surface area contributed by atoms with E-state index in [1.165, 1.54) is 0 Å². The van der Waals surface area contributed by atoms with Gasteiger partial charge in [-0.1, -0.05) is 7.43 Å². The zero-order valence-electron chi connectivity index (χ0n) is 2.67. The minimum absolute atomic E-state index is 0. The van der Waals surface area contributed by atoms with Gasteiger partial charge in [0.1, 0.15) is 8.77 Å². The van der Waals surface area contributed by atoms with Crippen molar-refractivity contribution in [2.75, 3.05) is 6.26 Å². The van der Waals surface area contributed by atoms with E-state index in [-0.39, 0.29) is 7.43 Å². The first-order chi connectivity index (χ1) is 2.00. The van der Waals surface area contributed by atoms with Crippen LogP contribution in [0.4, 0.5) is 0 Å². The summed E-state index contributed by atoms with van der Waals surface area (Å²) in [6.45, 7) is 0. The average molecular weight is 128 g/mol. The molecule has 0 bridgehead atoms. The largest absolute Gasteiger partial charge is 0.306 e. The van der Waals surface area contributed by atoms with Crippen LogP contribution in [0, 0.1) is 0 Å². The normalized spacial score (nSPS) is 17.7. The quantitative estimate of drug-likeness (QED) is 0.515. The predicted molar refractivity (Wildman–Crippen MR) is 30.8 cm³/mol. The third-order valence-electron chi connectivity index (χ3n) is 0. The highest BCUT2D eigenvalue weighted by atomic mass is 32.8. The van der Waals surface area contributed by atoms with Crippen LogP contribution >= 0.6 is 0 Å². The van der Waals surface area contributed by atoms with Gasteiger partial charge in [-0.25, -0.2) is 4.21 Å². The Bertz CT molecular complexity index is 92.7. The Morgan fingerprint density at radius 1 is 1.83 bits per heavy atom. The number of rotatable bonds is 0. The molecule has 0 radical (unpaired) electrons. The fourth-order valence-corrected chi connectivity index (χ4v) is 0. The number of hydrogen-bond donors (Lipinski definition) is 1. The van der Waals surface area contributed by atoms with Gasteiger partial charge in [0.25, 0.3) is 0 Å². The van der Waals surface area contributed by atoms with Gasteiger partial charge in [-0.2, -0.15) is 0 Å². The first-order valence-corrected chi connectivity index (χ1v) is 3.77. The third-order valence-corrected chi connectivity index (χ3v) is 0. The standard InChI is InChI=1S/CH4O2S2.CH4/c1-5(2,3)4;/h1H3,(H,2,3,4);1H4. The molecule has 0 rings (SSSR count). The van der Waals surface area contributed by atoms with Crippen molar-refractivity contribution in [3.8, 4) is 0 Å². The van der Waals surface area contributed by atoms with Gasteiger partial charge in [-0.05, 0) is 0 Å². The van der Waals surface area contributed by atoms with Crippen LogP contribution in [0.15, 0.2) is 0 Å². The van der Waals surface area contributed by atoms with Crippen molar-refractivity contribution in [3.63, 3.8) is 0 Å². The van der Waals surface area contributed by atoms with E-state index in [0.717, 1.165) is 6.26 Å². The summed E-state index contributed by atoms with van der Waals surface area (Å²) in [6, 6.07) is 0. The topological polar surface area (TPSA) is 37.3 Å². The van der Waals surface area contributed by atoms with Crippen LogP contribution in [0.1, 0.15) is 7.43 Å². The lowest BCUT2D eigenvalue weighted by atomic mass is 12.0. The van der Waals surface area contributed by atoms with Crippen LogP contribution in [-0.2, 0) is 20.0 Å². The molecule has 6 heavy (non-hydrogen) atoms. The molecule has 0 aromatic heterocycles. The van der Waals surface area contributed by atoms with Crippen LogP contribution in [0.3, 0.4) is 0 Å². The molecule has 0 amide bonds. The van der Waals surface area contributed by atoms with Gasteiger partial charge in [0.05, 0.1) is 0 Å². The molecule has 0 heterocycles. The molecule has 0 saturated heterocycles. The van der Waals surface area contributed by atoms with E-state index in [1.807, 2.05) is 0 Å². The maximum Gasteiger partial charge on any atom is 0.138 e. The van der Waals surface area contributed by atoms with Crippen LogP contribution < -0.4 is 0 Å². The summed E-state index contributed by atoms with van der Waals surface area (Å²) in [5.74, 6) is 0. The Morgan fingerprint density at radius 2 is 1.83 bits per heavy atom. The average Bonchev–Trinajstić information content (AvgIpc) is 0.722. The Labute approximate surface area is 43.1 Å². The molecule has 1 atom stereocenters. The van der Waals surface area contributed by atoms with Crippen LogP contribution in [-0.4, -0.2) is 15.0 Å². The third kappa shape index (κ3) is 441. The maximum atomic E-state index is 9.56. The Hall–Kier alpha value is 0.330. The van der Waals surface area contributed by atoms with Gasteiger partial charge in [-0.15, -0.1) is 0 Å². The number of hydrogen-bond acceptors (Lipinski definition) is 2. The second-order valence-electron chi connectivity index (χ2n) is 0.733. The summed E-state index contributed by atoms with van der Waals surface area (Å²) < 4.78 is 17.4. The Kier molecular flexibility index (Phi) is 3.99. The molecule has 0 fully saturated rings. The second kappa shape index (κ2) is 2.49. The van der Waals surface area contributed by atoms with Crippen molar-refractivity contribution < 1.29 is 8.76 Å². The first-order valence-electron chi connectivity index (χ1n) is 0.924. The molecule has 0 aliphatic rings. The molecule has 2 nitrogen and oxygen atoms in total. The zero-order valence-corrected chi connectivity index (χ0v) is 4.30. The van der Waals surface area contributed by atoms with Crippen molar-refractivity contribution in [1.82, 2.24) is 0 Å². The van der Waals surface area contributed by atoms with Crippen LogP contribution in [0.25, 0.3) is 0 Å². The van der Waals surface area contributed by atoms with E-state index in [2.05, 4.69) is 11.2 Å². The molecule has 0 saturated carbocycles. The summed E-state index contributed by atoms with van der Waals surface area (Å²) in [6.07, 6.45) is 1.09. The van der Waals surface area contributed by atoms with Gasteiger partial charge in [0.2, 0.25) is 0 Å². The lowest BCUT2D eigenvalue weighted by Crippen LogP contribution is -1.85. The molecule has 0 aliphatic carbocycles. The maximum absolute atomic E-state index is 9.56. The van der Waals surface area contributed by atoms with Gasteiger partial charge in [-0.3, -0.25) is 0 Å². The van der Waals surface area contributed by atoms with Crippen molar-refractivity contribution in [1.29, 1.82) is 0 Å². The van der Waals surface area contributed by atoms with Crippen molar-refractivity contribution in [2.45, 2.75) is 7.43 Å². The van der Waals surface area contributed by atoms with Gasteiger partial charge >= 0.3 is 0 Å². The molecule has 0 aromatic carbocycles. The second-order valence-corrected chi connectivity index (χ2v) is 4.05. The fourth-order valence-electron chi connectivity index (χ4n) is 0. The molecule has 0 spiro atoms. The minimum atomic E-state index is -2.83. The molecule has 4 heteroatoms. The first kappa shape index (κ1) is 9.59. The van der Waals surface area contributed by atoms with Gasteiger partial charge < -0.3 is 4.55 Å². The smallest absolute Gasteiger partial charge is 0.138 e. The Balaban J connectivity index is 0. The van der Waals surface area contributed by atoms with E-state index < -0.39 is 8.77 Å². The van der Waals surface area contributed by atoms with Gasteiger partial charge in [0.15, 0.2) is 0 Å². The lowest BCUT2D eigenvalue weighted by molar-refractivity contribution is 0.568. The fraction of sp³-hybridized carbons (Fsp3) is 1.00. The van der Waals surface area contributed by atoms with E-state index >= 15 is 0 Å². The molecule has 40 valence electrons. The Morgan fingerprint density at radius 3 is 1.83 bits per heavy atom. The highest BCUT2D eigenvalue weighted by Crippen LogP contribution is 1.63. The summed E-state index contributed by atoms with van der Waals surface area (Å²) >= 11 is 3.91. The summed E-state index contributed by atoms with van der Waals surface area (Å²) in [5.41, 5.74) is 0. The van der Waals surface area contributed by atoms with Crippen molar-refractivity contribution >= 4 is 20.0 Å². The lowest BCUT2D eigenvalue weighted by Gasteiger charge is -1.74. The summed E-state index contributed by atoms with van der Waals surface area (Å²) in [7, 11) is -2.83. The zero-order chi connectivity index (χ0) is 4.50. The summed E-state index contributed by atoms with van der Waals surface area (Å²) in [5, 5.41) is 0.